The quantitative estimate of drug-likeness (QED) is 0.878. The number of rotatable bonds is 4. The largest absolute Gasteiger partial charge is 0.354 e. The molecule has 5 nitrogen and oxygen atoms in total. The molecule has 0 spiro atoms. The molecule has 0 radical (unpaired) electrons. The van der Waals surface area contributed by atoms with Crippen molar-refractivity contribution in [2.24, 2.45) is 0 Å². The molecule has 1 aromatic rings. The Morgan fingerprint density at radius 2 is 1.95 bits per heavy atom. The van der Waals surface area contributed by atoms with Crippen molar-refractivity contribution in [2.45, 2.75) is 19.4 Å². The van der Waals surface area contributed by atoms with Gasteiger partial charge in [-0.05, 0) is 19.0 Å². The van der Waals surface area contributed by atoms with Crippen molar-refractivity contribution < 1.29 is 9.59 Å². The van der Waals surface area contributed by atoms with Gasteiger partial charge in [0.15, 0.2) is 0 Å². The number of benzene rings is 1. The van der Waals surface area contributed by atoms with Crippen molar-refractivity contribution in [2.75, 3.05) is 33.2 Å². The van der Waals surface area contributed by atoms with Crippen LogP contribution in [-0.2, 0) is 16.0 Å². The summed E-state index contributed by atoms with van der Waals surface area (Å²) < 4.78 is 0. The van der Waals surface area contributed by atoms with Crippen LogP contribution in [-0.4, -0.2) is 60.9 Å². The zero-order chi connectivity index (χ0) is 15.2. The molecule has 1 aliphatic rings. The molecule has 114 valence electrons. The van der Waals surface area contributed by atoms with E-state index in [0.717, 1.165) is 13.0 Å². The normalized spacial score (nSPS) is 19.3. The van der Waals surface area contributed by atoms with Crippen LogP contribution in [0.5, 0.6) is 0 Å². The summed E-state index contributed by atoms with van der Waals surface area (Å²) >= 11 is 0. The molecular weight excluding hydrogens is 266 g/mol. The highest BCUT2D eigenvalue weighted by Gasteiger charge is 2.32. The maximum absolute atomic E-state index is 12.3. The molecule has 1 aliphatic heterocycles. The minimum absolute atomic E-state index is 0.0358. The fourth-order valence-electron chi connectivity index (χ4n) is 2.61. The second-order valence-electron chi connectivity index (χ2n) is 5.52. The Morgan fingerprint density at radius 3 is 2.62 bits per heavy atom. The molecule has 21 heavy (non-hydrogen) atoms. The minimum Gasteiger partial charge on any atom is -0.354 e. The summed E-state index contributed by atoms with van der Waals surface area (Å²) in [7, 11) is 1.97. The molecule has 1 fully saturated rings. The van der Waals surface area contributed by atoms with Crippen molar-refractivity contribution in [1.82, 2.24) is 15.1 Å². The van der Waals surface area contributed by atoms with E-state index in [0.29, 0.717) is 19.6 Å². The Balaban J connectivity index is 1.87. The molecular formula is C16H23N3O2. The van der Waals surface area contributed by atoms with Gasteiger partial charge in [-0.1, -0.05) is 30.3 Å². The zero-order valence-electron chi connectivity index (χ0n) is 12.7. The third kappa shape index (κ3) is 4.29. The molecule has 2 amide bonds. The summed E-state index contributed by atoms with van der Waals surface area (Å²) in [5, 5.41) is 2.95. The lowest BCUT2D eigenvalue weighted by Gasteiger charge is -2.38. The van der Waals surface area contributed by atoms with E-state index in [9.17, 15) is 9.59 Å². The van der Waals surface area contributed by atoms with E-state index in [2.05, 4.69) is 10.2 Å². The van der Waals surface area contributed by atoms with Gasteiger partial charge in [0.1, 0.15) is 6.04 Å². The summed E-state index contributed by atoms with van der Waals surface area (Å²) in [6.07, 6.45) is 0.801. The molecule has 1 aromatic carbocycles. The van der Waals surface area contributed by atoms with E-state index in [1.165, 1.54) is 12.5 Å². The number of carbonyl (C=O) groups excluding carboxylic acids is 2. The van der Waals surface area contributed by atoms with Gasteiger partial charge in [-0.25, -0.2) is 0 Å². The lowest BCUT2D eigenvalue weighted by molar-refractivity contribution is -0.142. The first kappa shape index (κ1) is 15.5. The van der Waals surface area contributed by atoms with Gasteiger partial charge in [0.25, 0.3) is 0 Å². The first-order valence-electron chi connectivity index (χ1n) is 7.35. The summed E-state index contributed by atoms with van der Waals surface area (Å²) in [5.74, 6) is -0.0982. The SMILES string of the molecule is CC(=O)N1CCN(C)CC1C(=O)NCCc1ccccc1. The average Bonchev–Trinajstić information content (AvgIpc) is 2.47. The van der Waals surface area contributed by atoms with E-state index in [1.54, 1.807) is 4.90 Å². The number of piperazine rings is 1. The van der Waals surface area contributed by atoms with Gasteiger partial charge < -0.3 is 15.1 Å². The van der Waals surface area contributed by atoms with Crippen molar-refractivity contribution >= 4 is 11.8 Å². The average molecular weight is 289 g/mol. The number of likely N-dealkylation sites (N-methyl/N-ethyl adjacent to an activating group) is 1. The first-order chi connectivity index (χ1) is 10.1. The highest BCUT2D eigenvalue weighted by atomic mass is 16.2. The predicted octanol–water partition coefficient (Wildman–Crippen LogP) is 0.508. The van der Waals surface area contributed by atoms with Crippen LogP contribution in [0.3, 0.4) is 0 Å². The van der Waals surface area contributed by atoms with Crippen LogP contribution in [0.2, 0.25) is 0 Å². The third-order valence-corrected chi connectivity index (χ3v) is 3.85. The number of nitrogens with zero attached hydrogens (tertiary/aromatic N) is 2. The fourth-order valence-corrected chi connectivity index (χ4v) is 2.61. The predicted molar refractivity (Wildman–Crippen MR) is 81.8 cm³/mol. The van der Waals surface area contributed by atoms with Crippen LogP contribution in [0.1, 0.15) is 12.5 Å². The lowest BCUT2D eigenvalue weighted by Crippen LogP contribution is -2.59. The lowest BCUT2D eigenvalue weighted by atomic mass is 10.1. The van der Waals surface area contributed by atoms with E-state index in [1.807, 2.05) is 37.4 Å². The number of nitrogens with one attached hydrogen (secondary N) is 1. The van der Waals surface area contributed by atoms with Crippen LogP contribution in [0.15, 0.2) is 30.3 Å². The second kappa shape index (κ2) is 7.22. The Labute approximate surface area is 125 Å². The van der Waals surface area contributed by atoms with Crippen LogP contribution in [0.4, 0.5) is 0 Å². The molecule has 5 heteroatoms. The summed E-state index contributed by atoms with van der Waals surface area (Å²) in [4.78, 5) is 27.7. The van der Waals surface area contributed by atoms with Gasteiger partial charge in [-0.15, -0.1) is 0 Å². The maximum atomic E-state index is 12.3. The Kier molecular flexibility index (Phi) is 5.33. The van der Waals surface area contributed by atoms with Gasteiger partial charge in [-0.2, -0.15) is 0 Å². The molecule has 1 saturated heterocycles. The van der Waals surface area contributed by atoms with Gasteiger partial charge >= 0.3 is 0 Å². The van der Waals surface area contributed by atoms with Gasteiger partial charge in [0.05, 0.1) is 0 Å². The van der Waals surface area contributed by atoms with Gasteiger partial charge in [-0.3, -0.25) is 9.59 Å². The molecule has 0 bridgehead atoms. The highest BCUT2D eigenvalue weighted by molar-refractivity contribution is 5.87. The Hall–Kier alpha value is -1.88. The van der Waals surface area contributed by atoms with Crippen molar-refractivity contribution in [3.8, 4) is 0 Å². The Morgan fingerprint density at radius 1 is 1.24 bits per heavy atom. The second-order valence-corrected chi connectivity index (χ2v) is 5.52. The molecule has 0 aliphatic carbocycles. The number of carbonyl (C=O) groups is 2. The van der Waals surface area contributed by atoms with Gasteiger partial charge in [0.2, 0.25) is 11.8 Å². The maximum Gasteiger partial charge on any atom is 0.244 e. The minimum atomic E-state index is -0.378. The van der Waals surface area contributed by atoms with Crippen LogP contribution in [0.25, 0.3) is 0 Å². The van der Waals surface area contributed by atoms with Gasteiger partial charge in [0, 0.05) is 33.1 Å². The zero-order valence-corrected chi connectivity index (χ0v) is 12.7. The van der Waals surface area contributed by atoms with E-state index in [4.69, 9.17) is 0 Å². The topological polar surface area (TPSA) is 52.7 Å². The molecule has 0 aromatic heterocycles. The summed E-state index contributed by atoms with van der Waals surface area (Å²) in [6.45, 7) is 4.14. The number of hydrogen-bond donors (Lipinski definition) is 1. The van der Waals surface area contributed by atoms with E-state index in [-0.39, 0.29) is 17.9 Å². The molecule has 1 N–H and O–H groups in total. The van der Waals surface area contributed by atoms with E-state index < -0.39 is 0 Å². The standard InChI is InChI=1S/C16H23N3O2/c1-13(20)19-11-10-18(2)12-15(19)16(21)17-9-8-14-6-4-3-5-7-14/h3-7,15H,8-12H2,1-2H3,(H,17,21). The van der Waals surface area contributed by atoms with E-state index >= 15 is 0 Å². The van der Waals surface area contributed by atoms with Crippen LogP contribution in [0, 0.1) is 0 Å². The van der Waals surface area contributed by atoms with Crippen LogP contribution >= 0.6 is 0 Å². The van der Waals surface area contributed by atoms with Crippen molar-refractivity contribution in [3.63, 3.8) is 0 Å². The third-order valence-electron chi connectivity index (χ3n) is 3.85. The summed E-state index contributed by atoms with van der Waals surface area (Å²) in [5.41, 5.74) is 1.20. The first-order valence-corrected chi connectivity index (χ1v) is 7.35. The smallest absolute Gasteiger partial charge is 0.244 e. The fraction of sp³-hybridized carbons (Fsp3) is 0.500. The molecule has 0 saturated carbocycles. The molecule has 1 atom stereocenters. The Bertz CT molecular complexity index is 490. The molecule has 1 unspecified atom stereocenters. The molecule has 1 heterocycles. The number of amides is 2. The number of hydrogen-bond acceptors (Lipinski definition) is 3. The highest BCUT2D eigenvalue weighted by Crippen LogP contribution is 2.09. The van der Waals surface area contributed by atoms with Crippen molar-refractivity contribution in [1.29, 1.82) is 0 Å². The molecule has 2 rings (SSSR count). The van der Waals surface area contributed by atoms with Crippen molar-refractivity contribution in [3.05, 3.63) is 35.9 Å². The monoisotopic (exact) mass is 289 g/mol. The summed E-state index contributed by atoms with van der Waals surface area (Å²) in [6, 6.07) is 9.67. The van der Waals surface area contributed by atoms with Crippen LogP contribution < -0.4 is 5.32 Å².